The van der Waals surface area contributed by atoms with Crippen LogP contribution in [-0.2, 0) is 33.4 Å². The number of ether oxygens (including phenoxy) is 3. The van der Waals surface area contributed by atoms with E-state index in [-0.39, 0.29) is 43.3 Å². The van der Waals surface area contributed by atoms with Gasteiger partial charge in [-0.25, -0.2) is 4.79 Å². The van der Waals surface area contributed by atoms with Gasteiger partial charge in [0.15, 0.2) is 0 Å². The molecule has 160 valence electrons. The van der Waals surface area contributed by atoms with Crippen molar-refractivity contribution in [1.29, 1.82) is 0 Å². The zero-order chi connectivity index (χ0) is 21.5. The molecule has 0 spiro atoms. The van der Waals surface area contributed by atoms with Crippen molar-refractivity contribution in [1.82, 2.24) is 0 Å². The second kappa shape index (κ2) is 7.89. The smallest absolute Gasteiger partial charge is 0.342 e. The van der Waals surface area contributed by atoms with Crippen molar-refractivity contribution >= 4 is 23.7 Å². The number of hydrogen-bond acceptors (Lipinski definition) is 8. The van der Waals surface area contributed by atoms with Crippen molar-refractivity contribution in [3.8, 4) is 0 Å². The summed E-state index contributed by atoms with van der Waals surface area (Å²) in [5.74, 6) is -3.87. The Bertz CT molecular complexity index is 743. The molecule has 29 heavy (non-hydrogen) atoms. The zero-order valence-electron chi connectivity index (χ0n) is 17.0. The highest BCUT2D eigenvalue weighted by Crippen LogP contribution is 2.53. The van der Waals surface area contributed by atoms with E-state index in [0.29, 0.717) is 0 Å². The summed E-state index contributed by atoms with van der Waals surface area (Å²) in [6.45, 7) is 8.53. The van der Waals surface area contributed by atoms with E-state index in [1.54, 1.807) is 20.8 Å². The average molecular weight is 408 g/mol. The molecule has 8 heteroatoms. The molecule has 3 aliphatic rings. The molecule has 0 aromatic rings. The van der Waals surface area contributed by atoms with Gasteiger partial charge in [-0.15, -0.1) is 0 Å². The van der Waals surface area contributed by atoms with Gasteiger partial charge in [-0.2, -0.15) is 0 Å². The quantitative estimate of drug-likeness (QED) is 0.411. The maximum atomic E-state index is 12.7. The number of Topliss-reactive ketones (excluding diaryl/α,β-unsaturated/α-hetero) is 1. The molecule has 0 amide bonds. The third kappa shape index (κ3) is 3.58. The summed E-state index contributed by atoms with van der Waals surface area (Å²) in [7, 11) is 0. The van der Waals surface area contributed by atoms with Gasteiger partial charge >= 0.3 is 17.9 Å². The van der Waals surface area contributed by atoms with E-state index < -0.39 is 54.2 Å². The first-order chi connectivity index (χ1) is 13.6. The number of carbonyl (C=O) groups excluding carboxylic acids is 4. The van der Waals surface area contributed by atoms with E-state index in [9.17, 15) is 24.3 Å². The molecular weight excluding hydrogens is 380 g/mol. The van der Waals surface area contributed by atoms with Crippen molar-refractivity contribution in [3.63, 3.8) is 0 Å². The van der Waals surface area contributed by atoms with Gasteiger partial charge < -0.3 is 19.3 Å². The largest absolute Gasteiger partial charge is 0.462 e. The molecule has 7 atom stereocenters. The molecule has 0 aromatic heterocycles. The van der Waals surface area contributed by atoms with Crippen LogP contribution in [0.4, 0.5) is 0 Å². The van der Waals surface area contributed by atoms with E-state index >= 15 is 0 Å². The molecular formula is C21H28O8. The molecule has 0 bridgehead atoms. The number of carbonyl (C=O) groups is 4. The first-order valence-electron chi connectivity index (χ1n) is 10.1. The normalized spacial score (nSPS) is 38.7. The predicted molar refractivity (Wildman–Crippen MR) is 99.3 cm³/mol. The van der Waals surface area contributed by atoms with Gasteiger partial charge in [-0.05, 0) is 5.92 Å². The van der Waals surface area contributed by atoms with Crippen LogP contribution in [0.3, 0.4) is 0 Å². The van der Waals surface area contributed by atoms with Gasteiger partial charge in [0, 0.05) is 37.5 Å². The topological polar surface area (TPSA) is 116 Å². The SMILES string of the molecule is C=C1CC(OC(=O)CC)C2C(OC(=O)C2(O)COC(=O)CC)C2C(C)C(=O)CC12. The van der Waals surface area contributed by atoms with Crippen molar-refractivity contribution in [2.75, 3.05) is 6.61 Å². The number of hydrogen-bond donors (Lipinski definition) is 1. The fourth-order valence-corrected chi connectivity index (χ4v) is 4.93. The van der Waals surface area contributed by atoms with Crippen LogP contribution in [0.15, 0.2) is 12.2 Å². The molecule has 3 rings (SSSR count). The van der Waals surface area contributed by atoms with Crippen molar-refractivity contribution in [2.45, 2.75) is 64.3 Å². The Morgan fingerprint density at radius 3 is 2.48 bits per heavy atom. The molecule has 2 aliphatic carbocycles. The molecule has 7 unspecified atom stereocenters. The number of fused-ring (bicyclic) bond motifs is 3. The molecule has 0 radical (unpaired) electrons. The summed E-state index contributed by atoms with van der Waals surface area (Å²) in [5, 5.41) is 11.3. The Balaban J connectivity index is 2.02. The van der Waals surface area contributed by atoms with Crippen LogP contribution >= 0.6 is 0 Å². The van der Waals surface area contributed by atoms with E-state index in [1.807, 2.05) is 0 Å². The zero-order valence-corrected chi connectivity index (χ0v) is 17.0. The lowest BCUT2D eigenvalue weighted by Crippen LogP contribution is -2.53. The van der Waals surface area contributed by atoms with E-state index in [1.165, 1.54) is 0 Å². The monoisotopic (exact) mass is 408 g/mol. The van der Waals surface area contributed by atoms with E-state index in [2.05, 4.69) is 6.58 Å². The van der Waals surface area contributed by atoms with Crippen LogP contribution in [0.25, 0.3) is 0 Å². The van der Waals surface area contributed by atoms with Crippen LogP contribution in [0.5, 0.6) is 0 Å². The number of aliphatic hydroxyl groups is 1. The highest BCUT2D eigenvalue weighted by molar-refractivity contribution is 5.86. The van der Waals surface area contributed by atoms with Gasteiger partial charge in [0.25, 0.3) is 0 Å². The minimum Gasteiger partial charge on any atom is -0.462 e. The van der Waals surface area contributed by atoms with Gasteiger partial charge in [0.1, 0.15) is 24.6 Å². The molecule has 1 aliphatic heterocycles. The summed E-state index contributed by atoms with van der Waals surface area (Å²) in [5.41, 5.74) is -1.42. The summed E-state index contributed by atoms with van der Waals surface area (Å²) in [6, 6.07) is 0. The Morgan fingerprint density at radius 2 is 1.86 bits per heavy atom. The second-order valence-electron chi connectivity index (χ2n) is 8.22. The molecule has 1 saturated heterocycles. The van der Waals surface area contributed by atoms with E-state index in [4.69, 9.17) is 14.2 Å². The molecule has 3 fully saturated rings. The first-order valence-corrected chi connectivity index (χ1v) is 10.1. The van der Waals surface area contributed by atoms with Gasteiger partial charge in [-0.1, -0.05) is 32.9 Å². The highest BCUT2D eigenvalue weighted by Gasteiger charge is 2.66. The standard InChI is InChI=1S/C21H28O8/c1-5-15(23)27-9-21(26)18-14(28-16(24)6-2)7-10(3)12-8-13(22)11(4)17(12)19(18)29-20(21)25/h11-12,14,17-19,26H,3,5-9H2,1-2,4H3. The minimum absolute atomic E-state index is 0.0489. The lowest BCUT2D eigenvalue weighted by molar-refractivity contribution is -0.174. The van der Waals surface area contributed by atoms with Gasteiger partial charge in [0.2, 0.25) is 5.60 Å². The van der Waals surface area contributed by atoms with Crippen molar-refractivity contribution < 1.29 is 38.5 Å². The highest BCUT2D eigenvalue weighted by atomic mass is 16.6. The lowest BCUT2D eigenvalue weighted by Gasteiger charge is -2.34. The van der Waals surface area contributed by atoms with Gasteiger partial charge in [0.05, 0.1) is 5.92 Å². The number of ketones is 1. The van der Waals surface area contributed by atoms with E-state index in [0.717, 1.165) is 5.57 Å². The van der Waals surface area contributed by atoms with Crippen molar-refractivity contribution in [3.05, 3.63) is 12.2 Å². The summed E-state index contributed by atoms with van der Waals surface area (Å²) in [6.07, 6.45) is -1.02. The fourth-order valence-electron chi connectivity index (χ4n) is 4.93. The van der Waals surface area contributed by atoms with Crippen LogP contribution in [-0.4, -0.2) is 53.2 Å². The Hall–Kier alpha value is -2.22. The summed E-state index contributed by atoms with van der Waals surface area (Å²) in [4.78, 5) is 48.8. The molecule has 1 heterocycles. The van der Waals surface area contributed by atoms with Crippen LogP contribution in [0.1, 0.15) is 46.5 Å². The molecule has 0 aromatic carbocycles. The third-order valence-electron chi connectivity index (χ3n) is 6.55. The average Bonchev–Trinajstić information content (AvgIpc) is 3.08. The second-order valence-corrected chi connectivity index (χ2v) is 8.22. The maximum absolute atomic E-state index is 12.7. The van der Waals surface area contributed by atoms with Crippen LogP contribution < -0.4 is 0 Å². The Morgan fingerprint density at radius 1 is 1.21 bits per heavy atom. The number of esters is 3. The maximum Gasteiger partial charge on any atom is 0.342 e. The predicted octanol–water partition coefficient (Wildman–Crippen LogP) is 1.34. The number of rotatable bonds is 5. The van der Waals surface area contributed by atoms with Crippen LogP contribution in [0.2, 0.25) is 0 Å². The first kappa shape index (κ1) is 21.5. The molecule has 1 N–H and O–H groups in total. The minimum atomic E-state index is -2.16. The Kier molecular flexibility index (Phi) is 5.85. The molecule has 8 nitrogen and oxygen atoms in total. The van der Waals surface area contributed by atoms with Crippen molar-refractivity contribution in [2.24, 2.45) is 23.7 Å². The molecule has 2 saturated carbocycles. The summed E-state index contributed by atoms with van der Waals surface area (Å²) < 4.78 is 16.3. The van der Waals surface area contributed by atoms with Gasteiger partial charge in [-0.3, -0.25) is 14.4 Å². The summed E-state index contributed by atoms with van der Waals surface area (Å²) >= 11 is 0. The lowest BCUT2D eigenvalue weighted by atomic mass is 9.75. The fraction of sp³-hybridized carbons (Fsp3) is 0.714. The van der Waals surface area contributed by atoms with Crippen LogP contribution in [0, 0.1) is 23.7 Å². The third-order valence-corrected chi connectivity index (χ3v) is 6.55. The Labute approximate surface area is 169 Å².